The van der Waals surface area contributed by atoms with Crippen molar-refractivity contribution in [2.45, 2.75) is 44.8 Å². The summed E-state index contributed by atoms with van der Waals surface area (Å²) in [5.74, 6) is 0. The van der Waals surface area contributed by atoms with Crippen LogP contribution in [0.5, 0.6) is 0 Å². The first kappa shape index (κ1) is 15.8. The van der Waals surface area contributed by atoms with Crippen molar-refractivity contribution in [3.05, 3.63) is 33.8 Å². The maximum absolute atomic E-state index is 6.31. The largest absolute Gasteiger partial charge is 0.377 e. The molecule has 0 heterocycles. The average molecular weight is 290 g/mol. The van der Waals surface area contributed by atoms with Crippen molar-refractivity contribution >= 4 is 23.2 Å². The smallest absolute Gasteiger partial charge is 0.0826 e. The molecular weight excluding hydrogens is 269 g/mol. The molecule has 0 amide bonds. The molecular formula is C14H21Cl2NO. The Kier molecular flexibility index (Phi) is 5.93. The quantitative estimate of drug-likeness (QED) is 0.857. The predicted octanol–water partition coefficient (Wildman–Crippen LogP) is 4.07. The first-order valence-corrected chi connectivity index (χ1v) is 6.99. The van der Waals surface area contributed by atoms with E-state index in [9.17, 15) is 0 Å². The van der Waals surface area contributed by atoms with Crippen LogP contribution < -0.4 is 5.73 Å². The second-order valence-corrected chi connectivity index (χ2v) is 5.37. The molecule has 1 rings (SSSR count). The summed E-state index contributed by atoms with van der Waals surface area (Å²) in [5, 5.41) is 1.30. The molecule has 2 N–H and O–H groups in total. The number of rotatable bonds is 6. The minimum atomic E-state index is -0.289. The maximum Gasteiger partial charge on any atom is 0.0826 e. The molecule has 1 atom stereocenters. The second-order valence-electron chi connectivity index (χ2n) is 4.52. The van der Waals surface area contributed by atoms with Crippen molar-refractivity contribution in [3.8, 4) is 0 Å². The normalized spacial score (nSPS) is 13.7. The van der Waals surface area contributed by atoms with Gasteiger partial charge in [0.15, 0.2) is 0 Å². The van der Waals surface area contributed by atoms with Gasteiger partial charge in [-0.05, 0) is 37.0 Å². The van der Waals surface area contributed by atoms with Crippen LogP contribution in [0, 0.1) is 0 Å². The second kappa shape index (κ2) is 6.76. The standard InChI is InChI=1S/C14H21Cl2NO/c1-4-14(5-2,18-3)13(17)8-10-6-7-11(15)9-12(10)16/h6-7,9,13H,4-5,8,17H2,1-3H3. The maximum atomic E-state index is 6.31. The first-order valence-electron chi connectivity index (χ1n) is 6.23. The molecule has 0 radical (unpaired) electrons. The summed E-state index contributed by atoms with van der Waals surface area (Å²) in [4.78, 5) is 0. The fourth-order valence-corrected chi connectivity index (χ4v) is 2.81. The van der Waals surface area contributed by atoms with Gasteiger partial charge in [-0.2, -0.15) is 0 Å². The molecule has 1 aromatic rings. The van der Waals surface area contributed by atoms with Gasteiger partial charge in [-0.3, -0.25) is 0 Å². The van der Waals surface area contributed by atoms with E-state index >= 15 is 0 Å². The summed E-state index contributed by atoms with van der Waals surface area (Å²) in [5.41, 5.74) is 7.03. The van der Waals surface area contributed by atoms with E-state index < -0.39 is 0 Å². The van der Waals surface area contributed by atoms with Gasteiger partial charge >= 0.3 is 0 Å². The minimum Gasteiger partial charge on any atom is -0.377 e. The topological polar surface area (TPSA) is 35.2 Å². The zero-order valence-corrected chi connectivity index (χ0v) is 12.7. The lowest BCUT2D eigenvalue weighted by Crippen LogP contribution is -2.50. The Morgan fingerprint density at radius 3 is 2.33 bits per heavy atom. The zero-order valence-electron chi connectivity index (χ0n) is 11.2. The van der Waals surface area contributed by atoms with E-state index in [2.05, 4.69) is 13.8 Å². The van der Waals surface area contributed by atoms with E-state index in [4.69, 9.17) is 33.7 Å². The van der Waals surface area contributed by atoms with Crippen LogP contribution in [-0.4, -0.2) is 18.8 Å². The fraction of sp³-hybridized carbons (Fsp3) is 0.571. The van der Waals surface area contributed by atoms with Crippen molar-refractivity contribution in [2.24, 2.45) is 5.73 Å². The molecule has 0 aromatic heterocycles. The highest BCUT2D eigenvalue weighted by Crippen LogP contribution is 2.28. The highest BCUT2D eigenvalue weighted by molar-refractivity contribution is 6.35. The molecule has 0 fully saturated rings. The SMILES string of the molecule is CCC(CC)(OC)C(N)Cc1ccc(Cl)cc1Cl. The Balaban J connectivity index is 2.89. The number of hydrogen-bond donors (Lipinski definition) is 1. The molecule has 0 aliphatic carbocycles. The van der Waals surface area contributed by atoms with Crippen molar-refractivity contribution in [1.29, 1.82) is 0 Å². The van der Waals surface area contributed by atoms with E-state index in [0.717, 1.165) is 18.4 Å². The molecule has 0 bridgehead atoms. The Labute approximate surface area is 119 Å². The number of methoxy groups -OCH3 is 1. The van der Waals surface area contributed by atoms with Crippen molar-refractivity contribution in [2.75, 3.05) is 7.11 Å². The van der Waals surface area contributed by atoms with Gasteiger partial charge in [-0.15, -0.1) is 0 Å². The molecule has 102 valence electrons. The van der Waals surface area contributed by atoms with Crippen molar-refractivity contribution in [1.82, 2.24) is 0 Å². The summed E-state index contributed by atoms with van der Waals surface area (Å²) in [6.45, 7) is 4.19. The van der Waals surface area contributed by atoms with Gasteiger partial charge in [0.2, 0.25) is 0 Å². The van der Waals surface area contributed by atoms with Crippen molar-refractivity contribution in [3.63, 3.8) is 0 Å². The lowest BCUT2D eigenvalue weighted by molar-refractivity contribution is -0.0374. The first-order chi connectivity index (χ1) is 8.49. The van der Waals surface area contributed by atoms with E-state index in [1.54, 1.807) is 13.2 Å². The number of ether oxygens (including phenoxy) is 1. The number of benzene rings is 1. The third-order valence-corrected chi connectivity index (χ3v) is 4.32. The highest BCUT2D eigenvalue weighted by atomic mass is 35.5. The summed E-state index contributed by atoms with van der Waals surface area (Å²) >= 11 is 12.1. The molecule has 1 aromatic carbocycles. The van der Waals surface area contributed by atoms with Gasteiger partial charge in [-0.25, -0.2) is 0 Å². The van der Waals surface area contributed by atoms with E-state index in [1.165, 1.54) is 0 Å². The van der Waals surface area contributed by atoms with Gasteiger partial charge in [0.1, 0.15) is 0 Å². The summed E-state index contributed by atoms with van der Waals surface area (Å²) in [6, 6.07) is 5.42. The number of nitrogens with two attached hydrogens (primary N) is 1. The Morgan fingerprint density at radius 2 is 1.89 bits per heavy atom. The van der Waals surface area contributed by atoms with Gasteiger partial charge in [-0.1, -0.05) is 43.1 Å². The molecule has 18 heavy (non-hydrogen) atoms. The lowest BCUT2D eigenvalue weighted by atomic mass is 9.85. The Bertz CT molecular complexity index is 383. The minimum absolute atomic E-state index is 0.0869. The molecule has 0 saturated carbocycles. The van der Waals surface area contributed by atoms with Crippen LogP contribution in [0.2, 0.25) is 10.0 Å². The zero-order chi connectivity index (χ0) is 13.8. The molecule has 0 aliphatic rings. The van der Waals surface area contributed by atoms with Crippen LogP contribution in [0.3, 0.4) is 0 Å². The highest BCUT2D eigenvalue weighted by Gasteiger charge is 2.33. The molecule has 0 saturated heterocycles. The Hall–Kier alpha value is -0.280. The third kappa shape index (κ3) is 3.39. The van der Waals surface area contributed by atoms with Crippen molar-refractivity contribution < 1.29 is 4.74 Å². The number of halogens is 2. The van der Waals surface area contributed by atoms with E-state index in [1.807, 2.05) is 12.1 Å². The van der Waals surface area contributed by atoms with Crippen LogP contribution in [0.4, 0.5) is 0 Å². The molecule has 0 spiro atoms. The predicted molar refractivity (Wildman–Crippen MR) is 78.5 cm³/mol. The van der Waals surface area contributed by atoms with Crippen LogP contribution in [-0.2, 0) is 11.2 Å². The van der Waals surface area contributed by atoms with E-state index in [-0.39, 0.29) is 11.6 Å². The molecule has 0 aliphatic heterocycles. The lowest BCUT2D eigenvalue weighted by Gasteiger charge is -2.36. The number of hydrogen-bond acceptors (Lipinski definition) is 2. The van der Waals surface area contributed by atoms with E-state index in [0.29, 0.717) is 16.5 Å². The van der Waals surface area contributed by atoms with Gasteiger partial charge in [0.25, 0.3) is 0 Å². The molecule has 4 heteroatoms. The Morgan fingerprint density at radius 1 is 1.28 bits per heavy atom. The van der Waals surface area contributed by atoms with Gasteiger partial charge in [0, 0.05) is 23.2 Å². The van der Waals surface area contributed by atoms with Crippen LogP contribution in [0.1, 0.15) is 32.3 Å². The van der Waals surface area contributed by atoms with Gasteiger partial charge in [0.05, 0.1) is 5.60 Å². The third-order valence-electron chi connectivity index (χ3n) is 3.73. The fourth-order valence-electron chi connectivity index (χ4n) is 2.32. The monoisotopic (exact) mass is 289 g/mol. The van der Waals surface area contributed by atoms with Crippen LogP contribution in [0.15, 0.2) is 18.2 Å². The summed E-state index contributed by atoms with van der Waals surface area (Å²) in [6.07, 6.45) is 2.45. The molecule has 2 nitrogen and oxygen atoms in total. The van der Waals surface area contributed by atoms with Crippen LogP contribution in [0.25, 0.3) is 0 Å². The van der Waals surface area contributed by atoms with Gasteiger partial charge < -0.3 is 10.5 Å². The summed E-state index contributed by atoms with van der Waals surface area (Å²) < 4.78 is 5.64. The average Bonchev–Trinajstić information content (AvgIpc) is 2.36. The summed E-state index contributed by atoms with van der Waals surface area (Å²) in [7, 11) is 1.72. The molecule has 1 unspecified atom stereocenters. The van der Waals surface area contributed by atoms with Crippen LogP contribution >= 0.6 is 23.2 Å².